The van der Waals surface area contributed by atoms with Gasteiger partial charge in [-0.25, -0.2) is 4.39 Å². The number of halogens is 1. The van der Waals surface area contributed by atoms with Crippen LogP contribution in [0.1, 0.15) is 24.5 Å². The predicted molar refractivity (Wildman–Crippen MR) is 63.4 cm³/mol. The molecule has 1 rings (SSSR count). The van der Waals surface area contributed by atoms with Gasteiger partial charge in [0.15, 0.2) is 0 Å². The van der Waals surface area contributed by atoms with Crippen molar-refractivity contribution in [2.45, 2.75) is 13.3 Å². The molecule has 0 unspecified atom stereocenters. The minimum atomic E-state index is -0.517. The molecule has 0 atom stereocenters. The van der Waals surface area contributed by atoms with Crippen LogP contribution in [-0.2, 0) is 4.79 Å². The van der Waals surface area contributed by atoms with Gasteiger partial charge < -0.3 is 5.32 Å². The first-order valence-corrected chi connectivity index (χ1v) is 5.24. The fraction of sp³-hybridized carbons (Fsp3) is 0.231. The van der Waals surface area contributed by atoms with Crippen LogP contribution in [0.4, 0.5) is 4.39 Å². The van der Waals surface area contributed by atoms with Crippen LogP contribution in [0.5, 0.6) is 0 Å². The Bertz CT molecular complexity index is 475. The van der Waals surface area contributed by atoms with Gasteiger partial charge in [-0.05, 0) is 18.1 Å². The molecule has 0 aliphatic carbocycles. The third kappa shape index (κ3) is 4.07. The number of benzene rings is 1. The summed E-state index contributed by atoms with van der Waals surface area (Å²) in [5.74, 6) is -0.599. The highest BCUT2D eigenvalue weighted by Gasteiger charge is 2.03. The van der Waals surface area contributed by atoms with Crippen LogP contribution in [0, 0.1) is 17.1 Å². The third-order valence-corrected chi connectivity index (χ3v) is 2.14. The molecule has 0 aliphatic heterocycles. The molecule has 0 saturated carbocycles. The van der Waals surface area contributed by atoms with E-state index >= 15 is 0 Å². The number of nitrogens with zero attached hydrogens (tertiary/aromatic N) is 1. The highest BCUT2D eigenvalue weighted by Crippen LogP contribution is 2.13. The van der Waals surface area contributed by atoms with Crippen molar-refractivity contribution < 1.29 is 9.18 Å². The molecule has 1 aromatic carbocycles. The van der Waals surface area contributed by atoms with Gasteiger partial charge in [0, 0.05) is 13.5 Å². The van der Waals surface area contributed by atoms with E-state index in [4.69, 9.17) is 5.26 Å². The second kappa shape index (κ2) is 6.44. The molecule has 0 radical (unpaired) electrons. The monoisotopic (exact) mass is 232 g/mol. The molecule has 88 valence electrons. The maximum absolute atomic E-state index is 13.2. The molecule has 1 aromatic rings. The molecule has 17 heavy (non-hydrogen) atoms. The van der Waals surface area contributed by atoms with E-state index in [2.05, 4.69) is 5.32 Å². The SMILES string of the molecule is CC(=O)NCCC=Cc1cccc(F)c1C#N. The number of carbonyl (C=O) groups is 1. The fourth-order valence-corrected chi connectivity index (χ4v) is 1.34. The Hall–Kier alpha value is -2.15. The second-order valence-electron chi connectivity index (χ2n) is 3.49. The van der Waals surface area contributed by atoms with Crippen molar-refractivity contribution in [2.75, 3.05) is 6.54 Å². The zero-order valence-electron chi connectivity index (χ0n) is 9.53. The van der Waals surface area contributed by atoms with Crippen LogP contribution >= 0.6 is 0 Å². The highest BCUT2D eigenvalue weighted by molar-refractivity contribution is 5.72. The lowest BCUT2D eigenvalue weighted by molar-refractivity contribution is -0.118. The van der Waals surface area contributed by atoms with E-state index in [1.165, 1.54) is 13.0 Å². The molecular formula is C13H13FN2O. The largest absolute Gasteiger partial charge is 0.356 e. The van der Waals surface area contributed by atoms with Gasteiger partial charge in [0.05, 0.1) is 5.56 Å². The second-order valence-corrected chi connectivity index (χ2v) is 3.49. The molecule has 3 nitrogen and oxygen atoms in total. The summed E-state index contributed by atoms with van der Waals surface area (Å²) in [7, 11) is 0. The fourth-order valence-electron chi connectivity index (χ4n) is 1.34. The summed E-state index contributed by atoms with van der Waals surface area (Å²) in [6, 6.07) is 6.32. The molecule has 0 heterocycles. The number of rotatable bonds is 4. The Morgan fingerprint density at radius 2 is 2.35 bits per heavy atom. The maximum Gasteiger partial charge on any atom is 0.216 e. The minimum Gasteiger partial charge on any atom is -0.356 e. The van der Waals surface area contributed by atoms with Crippen molar-refractivity contribution in [1.82, 2.24) is 5.32 Å². The first kappa shape index (κ1) is 12.9. The molecule has 0 aliphatic rings. The molecule has 0 saturated heterocycles. The molecule has 0 bridgehead atoms. The van der Waals surface area contributed by atoms with Gasteiger partial charge in [0.2, 0.25) is 5.91 Å². The lowest BCUT2D eigenvalue weighted by atomic mass is 10.1. The average molecular weight is 232 g/mol. The predicted octanol–water partition coefficient (Wildman–Crippen LogP) is 2.24. The average Bonchev–Trinajstić information content (AvgIpc) is 2.28. The highest BCUT2D eigenvalue weighted by atomic mass is 19.1. The topological polar surface area (TPSA) is 52.9 Å². The van der Waals surface area contributed by atoms with Crippen molar-refractivity contribution in [1.29, 1.82) is 5.26 Å². The quantitative estimate of drug-likeness (QED) is 0.809. The summed E-state index contributed by atoms with van der Waals surface area (Å²) in [6.45, 7) is 1.98. The number of nitrogens with one attached hydrogen (secondary N) is 1. The first-order valence-electron chi connectivity index (χ1n) is 5.24. The van der Waals surface area contributed by atoms with Crippen LogP contribution in [0.25, 0.3) is 6.08 Å². The van der Waals surface area contributed by atoms with Gasteiger partial charge in [-0.1, -0.05) is 24.3 Å². The number of hydrogen-bond acceptors (Lipinski definition) is 2. The maximum atomic E-state index is 13.2. The Morgan fingerprint density at radius 1 is 1.59 bits per heavy atom. The molecule has 1 N–H and O–H groups in total. The van der Waals surface area contributed by atoms with Crippen LogP contribution in [-0.4, -0.2) is 12.5 Å². The number of amides is 1. The van der Waals surface area contributed by atoms with Crippen molar-refractivity contribution in [3.05, 3.63) is 41.2 Å². The Balaban J connectivity index is 2.63. The molecule has 0 spiro atoms. The van der Waals surface area contributed by atoms with Gasteiger partial charge in [-0.3, -0.25) is 4.79 Å². The third-order valence-electron chi connectivity index (χ3n) is 2.14. The lowest BCUT2D eigenvalue weighted by Crippen LogP contribution is -2.20. The summed E-state index contributed by atoms with van der Waals surface area (Å²) in [4.78, 5) is 10.6. The molecular weight excluding hydrogens is 219 g/mol. The molecule has 1 amide bonds. The molecule has 4 heteroatoms. The first-order chi connectivity index (χ1) is 8.15. The van der Waals surface area contributed by atoms with Crippen LogP contribution < -0.4 is 5.32 Å². The van der Waals surface area contributed by atoms with Gasteiger partial charge in [-0.15, -0.1) is 0 Å². The van der Waals surface area contributed by atoms with E-state index in [1.54, 1.807) is 24.3 Å². The van der Waals surface area contributed by atoms with Crippen molar-refractivity contribution in [3.63, 3.8) is 0 Å². The Kier molecular flexibility index (Phi) is 4.89. The van der Waals surface area contributed by atoms with Crippen LogP contribution in [0.2, 0.25) is 0 Å². The normalized spacial score (nSPS) is 10.2. The minimum absolute atomic E-state index is 0.0447. The zero-order chi connectivity index (χ0) is 12.7. The van der Waals surface area contributed by atoms with E-state index in [0.29, 0.717) is 18.5 Å². The molecule has 0 fully saturated rings. The standard InChI is InChI=1S/C13H13FN2O/c1-10(17)16-8-3-2-5-11-6-4-7-13(14)12(11)9-15/h2,4-7H,3,8H2,1H3,(H,16,17). The van der Waals surface area contributed by atoms with Gasteiger partial charge in [-0.2, -0.15) is 5.26 Å². The van der Waals surface area contributed by atoms with E-state index in [-0.39, 0.29) is 11.5 Å². The number of carbonyl (C=O) groups excluding carboxylic acids is 1. The summed E-state index contributed by atoms with van der Waals surface area (Å²) >= 11 is 0. The van der Waals surface area contributed by atoms with Crippen molar-refractivity contribution in [3.8, 4) is 6.07 Å². The summed E-state index contributed by atoms with van der Waals surface area (Å²) < 4.78 is 13.2. The summed E-state index contributed by atoms with van der Waals surface area (Å²) in [5, 5.41) is 11.4. The lowest BCUT2D eigenvalue weighted by Gasteiger charge is -1.99. The van der Waals surface area contributed by atoms with E-state index in [0.717, 1.165) is 0 Å². The van der Waals surface area contributed by atoms with Crippen LogP contribution in [0.3, 0.4) is 0 Å². The Labute approximate surface area is 99.6 Å². The zero-order valence-corrected chi connectivity index (χ0v) is 9.53. The van der Waals surface area contributed by atoms with E-state index in [1.807, 2.05) is 6.07 Å². The van der Waals surface area contributed by atoms with Crippen molar-refractivity contribution >= 4 is 12.0 Å². The van der Waals surface area contributed by atoms with Gasteiger partial charge in [0.1, 0.15) is 11.9 Å². The Morgan fingerprint density at radius 3 is 3.00 bits per heavy atom. The van der Waals surface area contributed by atoms with Crippen LogP contribution in [0.15, 0.2) is 24.3 Å². The van der Waals surface area contributed by atoms with Gasteiger partial charge >= 0.3 is 0 Å². The van der Waals surface area contributed by atoms with Gasteiger partial charge in [0.25, 0.3) is 0 Å². The van der Waals surface area contributed by atoms with E-state index in [9.17, 15) is 9.18 Å². The van der Waals surface area contributed by atoms with E-state index < -0.39 is 5.82 Å². The number of hydrogen-bond donors (Lipinski definition) is 1. The summed E-state index contributed by atoms with van der Waals surface area (Å²) in [6.07, 6.45) is 4.12. The van der Waals surface area contributed by atoms with Crippen molar-refractivity contribution in [2.24, 2.45) is 0 Å². The smallest absolute Gasteiger partial charge is 0.216 e. The summed E-state index contributed by atoms with van der Waals surface area (Å²) in [5.41, 5.74) is 0.596. The molecule has 0 aromatic heterocycles. The number of nitriles is 1.